The fourth-order valence-electron chi connectivity index (χ4n) is 2.26. The van der Waals surface area contributed by atoms with Gasteiger partial charge in [-0.25, -0.2) is 0 Å². The zero-order chi connectivity index (χ0) is 12.3. The van der Waals surface area contributed by atoms with Crippen molar-refractivity contribution in [3.05, 3.63) is 17.5 Å². The summed E-state index contributed by atoms with van der Waals surface area (Å²) in [5.41, 5.74) is 0.373. The third-order valence-corrected chi connectivity index (χ3v) is 3.33. The average molecular weight is 237 g/mol. The number of rotatable bonds is 3. The Morgan fingerprint density at radius 2 is 2.00 bits per heavy atom. The predicted octanol–water partition coefficient (Wildman–Crippen LogP) is 1.24. The van der Waals surface area contributed by atoms with Gasteiger partial charge < -0.3 is 15.2 Å². The van der Waals surface area contributed by atoms with Gasteiger partial charge in [-0.2, -0.15) is 0 Å². The number of nitrogens with zero attached hydrogens (tertiary/aromatic N) is 1. The van der Waals surface area contributed by atoms with Gasteiger partial charge in [-0.1, -0.05) is 5.16 Å². The third kappa shape index (κ3) is 3.06. The Morgan fingerprint density at radius 3 is 2.53 bits per heavy atom. The molecule has 1 aliphatic rings. The lowest BCUT2D eigenvalue weighted by Crippen LogP contribution is -2.41. The molecular formula is C12H19N3O2. The summed E-state index contributed by atoms with van der Waals surface area (Å²) in [6, 6.07) is 2.52. The predicted molar refractivity (Wildman–Crippen MR) is 63.8 cm³/mol. The van der Waals surface area contributed by atoms with Crippen LogP contribution in [0.25, 0.3) is 0 Å². The molecule has 0 aliphatic heterocycles. The van der Waals surface area contributed by atoms with E-state index in [1.807, 2.05) is 7.05 Å². The second kappa shape index (κ2) is 5.31. The Hall–Kier alpha value is -1.36. The Kier molecular flexibility index (Phi) is 3.78. The van der Waals surface area contributed by atoms with Crippen LogP contribution in [0, 0.1) is 6.92 Å². The molecule has 17 heavy (non-hydrogen) atoms. The van der Waals surface area contributed by atoms with Crippen molar-refractivity contribution in [3.8, 4) is 0 Å². The summed E-state index contributed by atoms with van der Waals surface area (Å²) in [4.78, 5) is 11.8. The lowest BCUT2D eigenvalue weighted by atomic mass is 9.91. The highest BCUT2D eigenvalue weighted by Crippen LogP contribution is 2.18. The summed E-state index contributed by atoms with van der Waals surface area (Å²) >= 11 is 0. The van der Waals surface area contributed by atoms with Crippen LogP contribution in [0.15, 0.2) is 10.6 Å². The van der Waals surface area contributed by atoms with E-state index < -0.39 is 0 Å². The van der Waals surface area contributed by atoms with Crippen LogP contribution < -0.4 is 10.6 Å². The molecule has 1 aliphatic carbocycles. The second-order valence-corrected chi connectivity index (χ2v) is 4.63. The van der Waals surface area contributed by atoms with E-state index in [0.29, 0.717) is 17.5 Å². The van der Waals surface area contributed by atoms with Crippen molar-refractivity contribution < 1.29 is 9.32 Å². The van der Waals surface area contributed by atoms with E-state index in [1.165, 1.54) is 0 Å². The number of aromatic nitrogens is 1. The van der Waals surface area contributed by atoms with Crippen molar-refractivity contribution >= 4 is 5.91 Å². The van der Waals surface area contributed by atoms with Crippen molar-refractivity contribution in [1.82, 2.24) is 15.8 Å². The maximum Gasteiger partial charge on any atom is 0.273 e. The van der Waals surface area contributed by atoms with E-state index in [-0.39, 0.29) is 11.9 Å². The second-order valence-electron chi connectivity index (χ2n) is 4.63. The average Bonchev–Trinajstić information content (AvgIpc) is 2.77. The Balaban J connectivity index is 1.84. The maximum atomic E-state index is 11.8. The molecule has 0 saturated heterocycles. The van der Waals surface area contributed by atoms with Gasteiger partial charge in [0, 0.05) is 18.2 Å². The van der Waals surface area contributed by atoms with E-state index in [0.717, 1.165) is 25.7 Å². The molecular weight excluding hydrogens is 218 g/mol. The molecule has 1 aromatic heterocycles. The summed E-state index contributed by atoms with van der Waals surface area (Å²) in [5, 5.41) is 9.99. The van der Waals surface area contributed by atoms with Crippen molar-refractivity contribution in [2.24, 2.45) is 0 Å². The smallest absolute Gasteiger partial charge is 0.273 e. The molecule has 0 radical (unpaired) electrons. The summed E-state index contributed by atoms with van der Waals surface area (Å²) in [6.07, 6.45) is 4.26. The minimum Gasteiger partial charge on any atom is -0.361 e. The topological polar surface area (TPSA) is 67.2 Å². The summed E-state index contributed by atoms with van der Waals surface area (Å²) in [6.45, 7) is 1.78. The molecule has 5 heteroatoms. The standard InChI is InChI=1S/C12H19N3O2/c1-8-7-11(15-17-8)12(16)14-10-5-3-9(13-2)4-6-10/h7,9-10,13H,3-6H2,1-2H3,(H,14,16). The van der Waals surface area contributed by atoms with Gasteiger partial charge in [0.15, 0.2) is 5.69 Å². The molecule has 2 N–H and O–H groups in total. The number of hydrogen-bond donors (Lipinski definition) is 2. The molecule has 5 nitrogen and oxygen atoms in total. The van der Waals surface area contributed by atoms with E-state index in [9.17, 15) is 4.79 Å². The highest BCUT2D eigenvalue weighted by atomic mass is 16.5. The van der Waals surface area contributed by atoms with Crippen molar-refractivity contribution in [3.63, 3.8) is 0 Å². The van der Waals surface area contributed by atoms with Gasteiger partial charge in [0.1, 0.15) is 5.76 Å². The Morgan fingerprint density at radius 1 is 1.35 bits per heavy atom. The first-order chi connectivity index (χ1) is 8.19. The zero-order valence-corrected chi connectivity index (χ0v) is 10.3. The first kappa shape index (κ1) is 12.1. The van der Waals surface area contributed by atoms with Crippen molar-refractivity contribution in [2.75, 3.05) is 7.05 Å². The molecule has 1 amide bonds. The number of hydrogen-bond acceptors (Lipinski definition) is 4. The van der Waals surface area contributed by atoms with Crippen LogP contribution in [0.2, 0.25) is 0 Å². The number of nitrogens with one attached hydrogen (secondary N) is 2. The molecule has 94 valence electrons. The largest absolute Gasteiger partial charge is 0.361 e. The van der Waals surface area contributed by atoms with Gasteiger partial charge in [0.05, 0.1) is 0 Å². The summed E-state index contributed by atoms with van der Waals surface area (Å²) in [5.74, 6) is 0.531. The van der Waals surface area contributed by atoms with Crippen LogP contribution in [0.3, 0.4) is 0 Å². The van der Waals surface area contributed by atoms with Gasteiger partial charge in [-0.15, -0.1) is 0 Å². The van der Waals surface area contributed by atoms with Gasteiger partial charge in [-0.05, 0) is 39.7 Å². The molecule has 1 aromatic rings. The first-order valence-corrected chi connectivity index (χ1v) is 6.10. The normalized spacial score (nSPS) is 24.6. The molecule has 2 rings (SSSR count). The minimum absolute atomic E-state index is 0.130. The van der Waals surface area contributed by atoms with Gasteiger partial charge in [-0.3, -0.25) is 4.79 Å². The van der Waals surface area contributed by atoms with Crippen LogP contribution >= 0.6 is 0 Å². The third-order valence-electron chi connectivity index (χ3n) is 3.33. The van der Waals surface area contributed by atoms with Crippen LogP contribution in [0.4, 0.5) is 0 Å². The monoisotopic (exact) mass is 237 g/mol. The van der Waals surface area contributed by atoms with Crippen molar-refractivity contribution in [1.29, 1.82) is 0 Å². The van der Waals surface area contributed by atoms with Gasteiger partial charge >= 0.3 is 0 Å². The number of amides is 1. The van der Waals surface area contributed by atoms with E-state index in [2.05, 4.69) is 15.8 Å². The molecule has 0 bridgehead atoms. The lowest BCUT2D eigenvalue weighted by molar-refractivity contribution is 0.0915. The van der Waals surface area contributed by atoms with Crippen LogP contribution in [-0.4, -0.2) is 30.2 Å². The Bertz CT molecular complexity index is 381. The van der Waals surface area contributed by atoms with Gasteiger partial charge in [0.2, 0.25) is 0 Å². The van der Waals surface area contributed by atoms with Crippen molar-refractivity contribution in [2.45, 2.75) is 44.7 Å². The highest BCUT2D eigenvalue weighted by Gasteiger charge is 2.22. The summed E-state index contributed by atoms with van der Waals surface area (Å²) < 4.78 is 4.89. The molecule has 1 fully saturated rings. The maximum absolute atomic E-state index is 11.8. The van der Waals surface area contributed by atoms with Crippen LogP contribution in [0.5, 0.6) is 0 Å². The molecule has 0 aromatic carbocycles. The summed E-state index contributed by atoms with van der Waals surface area (Å²) in [7, 11) is 1.99. The highest BCUT2D eigenvalue weighted by molar-refractivity contribution is 5.92. The van der Waals surface area contributed by atoms with Gasteiger partial charge in [0.25, 0.3) is 5.91 Å². The number of aryl methyl sites for hydroxylation is 1. The fraction of sp³-hybridized carbons (Fsp3) is 0.667. The van der Waals surface area contributed by atoms with E-state index >= 15 is 0 Å². The molecule has 1 heterocycles. The molecule has 1 saturated carbocycles. The number of carbonyl (C=O) groups excluding carboxylic acids is 1. The fourth-order valence-corrected chi connectivity index (χ4v) is 2.26. The molecule has 0 atom stereocenters. The van der Waals surface area contributed by atoms with E-state index in [1.54, 1.807) is 13.0 Å². The minimum atomic E-state index is -0.130. The zero-order valence-electron chi connectivity index (χ0n) is 10.3. The molecule has 0 spiro atoms. The van der Waals surface area contributed by atoms with E-state index in [4.69, 9.17) is 4.52 Å². The lowest BCUT2D eigenvalue weighted by Gasteiger charge is -2.28. The Labute approximate surface area is 101 Å². The molecule has 0 unspecified atom stereocenters. The SMILES string of the molecule is CNC1CCC(NC(=O)c2cc(C)on2)CC1. The quantitative estimate of drug-likeness (QED) is 0.830. The van der Waals surface area contributed by atoms with Crippen LogP contribution in [0.1, 0.15) is 41.9 Å². The first-order valence-electron chi connectivity index (χ1n) is 6.10. The van der Waals surface area contributed by atoms with Crippen LogP contribution in [-0.2, 0) is 0 Å². The number of carbonyl (C=O) groups is 1.